The molecule has 18 unspecified atom stereocenters. The van der Waals surface area contributed by atoms with Crippen LogP contribution >= 0.6 is 7.82 Å². The van der Waals surface area contributed by atoms with E-state index in [9.17, 15) is 74.6 Å². The number of hydrogen-bond acceptors (Lipinski definition) is 24. The van der Waals surface area contributed by atoms with Crippen molar-refractivity contribution >= 4 is 31.7 Å². The van der Waals surface area contributed by atoms with Crippen molar-refractivity contribution in [3.8, 4) is 0 Å². The van der Waals surface area contributed by atoms with Crippen molar-refractivity contribution < 1.29 is 122 Å². The summed E-state index contributed by atoms with van der Waals surface area (Å²) >= 11 is 0. The number of unbranched alkanes of at least 4 members (excludes halogenated alkanes) is 47. The largest absolute Gasteiger partial charge is 0.472 e. The summed E-state index contributed by atoms with van der Waals surface area (Å²) in [6.45, 7) is 5.56. The first-order chi connectivity index (χ1) is 56.2. The maximum atomic E-state index is 14.9. The summed E-state index contributed by atoms with van der Waals surface area (Å²) in [5.74, 6) is -2.98. The zero-order valence-corrected chi connectivity index (χ0v) is 73.2. The summed E-state index contributed by atoms with van der Waals surface area (Å²) in [5, 5.41) is 102. The molecule has 1 aliphatic carbocycles. The Bertz CT molecular complexity index is 2510. The molecule has 0 aromatic rings. The Morgan fingerprint density at radius 1 is 0.336 bits per heavy atom. The first kappa shape index (κ1) is 107. The Hall–Kier alpha value is -3.05. The zero-order valence-electron chi connectivity index (χ0n) is 72.3. The van der Waals surface area contributed by atoms with Gasteiger partial charge >= 0.3 is 31.7 Å². The molecule has 0 spiro atoms. The fourth-order valence-electron chi connectivity index (χ4n) is 15.2. The minimum atomic E-state index is -5.81. The highest BCUT2D eigenvalue weighted by Crippen LogP contribution is 2.49. The second kappa shape index (κ2) is 69.4. The van der Waals surface area contributed by atoms with Gasteiger partial charge in [0.1, 0.15) is 92.6 Å². The molecule has 18 atom stereocenters. The van der Waals surface area contributed by atoms with Crippen molar-refractivity contribution in [3.05, 3.63) is 24.3 Å². The van der Waals surface area contributed by atoms with Gasteiger partial charge in [-0.2, -0.15) is 0 Å². The molecule has 3 rings (SSSR count). The van der Waals surface area contributed by atoms with Gasteiger partial charge in [-0.15, -0.1) is 0 Å². The van der Waals surface area contributed by atoms with Crippen LogP contribution in [0.1, 0.15) is 394 Å². The van der Waals surface area contributed by atoms with Crippen molar-refractivity contribution in [2.75, 3.05) is 26.4 Å². The lowest BCUT2D eigenvalue weighted by Gasteiger charge is -2.50. The summed E-state index contributed by atoms with van der Waals surface area (Å²) in [5.41, 5.74) is 0. The van der Waals surface area contributed by atoms with E-state index in [2.05, 4.69) is 52.0 Å². The van der Waals surface area contributed by atoms with E-state index >= 15 is 0 Å². The minimum absolute atomic E-state index is 0.0151. The Labute approximate surface area is 698 Å². The molecular weight excluding hydrogens is 1510 g/mol. The summed E-state index contributed by atoms with van der Waals surface area (Å²) in [6, 6.07) is 0. The SMILES string of the molecule is CCCCCC/C=C\CCCCCCCCCC(=O)OC1C(O)C(O)C(OC2OC(CO)C(O)C(O)C2O)C(OP(=O)(O)OCC(COC(=O)CCCCC/C=C\CCCCCCCC)OC(=O)CCCCCCCCCCCCCCCCCC)C1OC1OC(COC(=O)CCCCCCCCCCCCCCC)C(O)C(O)C1O. The number of carbonyl (C=O) groups excluding carboxylic acids is 4. The molecule has 25 nitrogen and oxygen atoms in total. The maximum absolute atomic E-state index is 14.9. The van der Waals surface area contributed by atoms with Crippen LogP contribution < -0.4 is 0 Å². The number of phosphoric acid groups is 1. The molecule has 2 heterocycles. The van der Waals surface area contributed by atoms with Crippen molar-refractivity contribution in [2.45, 2.75) is 498 Å². The molecule has 0 aromatic heterocycles. The van der Waals surface area contributed by atoms with Gasteiger partial charge in [-0.3, -0.25) is 28.2 Å². The van der Waals surface area contributed by atoms with Crippen LogP contribution in [0.25, 0.3) is 0 Å². The molecule has 0 bridgehead atoms. The number of aliphatic hydroxyl groups is 9. The normalized spacial score (nSPS) is 25.2. The van der Waals surface area contributed by atoms with E-state index in [0.29, 0.717) is 32.1 Å². The third-order valence-electron chi connectivity index (χ3n) is 22.7. The molecule has 1 saturated carbocycles. The first-order valence-corrected chi connectivity index (χ1v) is 48.1. The van der Waals surface area contributed by atoms with E-state index < -0.39 is 162 Å². The topological polar surface area (TPSA) is 380 Å². The standard InChI is InChI=1S/C90H165O25P/c1-5-9-13-17-21-25-29-33-35-37-41-44-48-52-56-60-64-75(94)109-70(67-106-73(92)62-58-54-50-46-42-38-31-27-23-19-15-11-7-3)68-108-116(104,105)115-88-86(113-89-83(102)79(98)77(96)71(66-91)110-89)82(101)81(100)85(112-76(95)65-61-57-53-49-45-40-36-34-30-26-22-18-14-10-6-2)87(88)114-90-84(103)80(99)78(97)72(111-90)69-107-74(93)63-59-55-51-47-43-39-32-28-24-20-16-12-8-4/h26,30,38,42,70-72,77-91,96-103H,5-25,27-29,31-37,39-41,43-69H2,1-4H3,(H,104,105)/b30-26-,42-38-. The van der Waals surface area contributed by atoms with Crippen LogP contribution in [0.15, 0.2) is 24.3 Å². The molecule has 10 N–H and O–H groups in total. The van der Waals surface area contributed by atoms with Gasteiger partial charge in [-0.25, -0.2) is 4.57 Å². The van der Waals surface area contributed by atoms with Gasteiger partial charge < -0.3 is 88.7 Å². The average Bonchev–Trinajstić information content (AvgIpc) is 0.754. The summed E-state index contributed by atoms with van der Waals surface area (Å²) in [6.07, 6.45) is 28.9. The van der Waals surface area contributed by atoms with Gasteiger partial charge in [0, 0.05) is 25.7 Å². The lowest BCUT2D eigenvalue weighted by molar-refractivity contribution is -0.360. The quantitative estimate of drug-likeness (QED) is 0.00889. The van der Waals surface area contributed by atoms with Crippen LogP contribution in [-0.2, 0) is 70.7 Å². The number of rotatable bonds is 75. The molecule has 2 saturated heterocycles. The minimum Gasteiger partial charge on any atom is -0.463 e. The summed E-state index contributed by atoms with van der Waals surface area (Å²) in [4.78, 5) is 66.4. The van der Waals surface area contributed by atoms with Crippen LogP contribution in [0, 0.1) is 0 Å². The molecule has 3 aliphatic rings. The molecule has 26 heteroatoms. The highest BCUT2D eigenvalue weighted by atomic mass is 31.2. The Kier molecular flexibility index (Phi) is 64.1. The van der Waals surface area contributed by atoms with Crippen LogP contribution in [0.2, 0.25) is 0 Å². The molecule has 3 fully saturated rings. The number of esters is 4. The molecular formula is C90H165O25P. The van der Waals surface area contributed by atoms with Crippen molar-refractivity contribution in [2.24, 2.45) is 0 Å². The fraction of sp³-hybridized carbons (Fsp3) is 0.911. The van der Waals surface area contributed by atoms with Crippen molar-refractivity contribution in [1.82, 2.24) is 0 Å². The Morgan fingerprint density at radius 2 is 0.647 bits per heavy atom. The highest BCUT2D eigenvalue weighted by molar-refractivity contribution is 7.47. The lowest BCUT2D eigenvalue weighted by atomic mass is 9.84. The van der Waals surface area contributed by atoms with Gasteiger partial charge in [0.2, 0.25) is 0 Å². The predicted octanol–water partition coefficient (Wildman–Crippen LogP) is 16.9. The van der Waals surface area contributed by atoms with Crippen molar-refractivity contribution in [1.29, 1.82) is 0 Å². The van der Waals surface area contributed by atoms with Crippen LogP contribution in [0.4, 0.5) is 0 Å². The molecule has 0 radical (unpaired) electrons. The Balaban J connectivity index is 1.93. The van der Waals surface area contributed by atoms with E-state index in [0.717, 1.165) is 141 Å². The molecule has 116 heavy (non-hydrogen) atoms. The second-order valence-corrected chi connectivity index (χ2v) is 34.6. The van der Waals surface area contributed by atoms with Gasteiger partial charge in [-0.05, 0) is 77.0 Å². The molecule has 0 amide bonds. The summed E-state index contributed by atoms with van der Waals surface area (Å²) in [7, 11) is -5.81. The average molecular weight is 1680 g/mol. The number of ether oxygens (including phenoxy) is 8. The number of hydrogen-bond donors (Lipinski definition) is 10. The van der Waals surface area contributed by atoms with Gasteiger partial charge in [0.25, 0.3) is 0 Å². The fourth-order valence-corrected chi connectivity index (χ4v) is 16.2. The van der Waals surface area contributed by atoms with Gasteiger partial charge in [-0.1, -0.05) is 315 Å². The third-order valence-corrected chi connectivity index (χ3v) is 23.7. The van der Waals surface area contributed by atoms with E-state index in [-0.39, 0.29) is 25.7 Å². The smallest absolute Gasteiger partial charge is 0.463 e. The third kappa shape index (κ3) is 49.3. The number of phosphoric ester groups is 1. The van der Waals surface area contributed by atoms with Gasteiger partial charge in [0.15, 0.2) is 24.8 Å². The van der Waals surface area contributed by atoms with Crippen LogP contribution in [0.5, 0.6) is 0 Å². The predicted molar refractivity (Wildman–Crippen MR) is 449 cm³/mol. The maximum Gasteiger partial charge on any atom is 0.472 e. The highest BCUT2D eigenvalue weighted by Gasteiger charge is 2.60. The second-order valence-electron chi connectivity index (χ2n) is 33.2. The lowest BCUT2D eigenvalue weighted by Crippen LogP contribution is -2.70. The zero-order chi connectivity index (χ0) is 84.7. The van der Waals surface area contributed by atoms with Gasteiger partial charge in [0.05, 0.1) is 13.2 Å². The number of aliphatic hydroxyl groups excluding tert-OH is 9. The van der Waals surface area contributed by atoms with Crippen LogP contribution in [0.3, 0.4) is 0 Å². The monoisotopic (exact) mass is 1680 g/mol. The van der Waals surface area contributed by atoms with Crippen LogP contribution in [-0.4, -0.2) is 205 Å². The molecule has 680 valence electrons. The number of allylic oxidation sites excluding steroid dienone is 4. The van der Waals surface area contributed by atoms with E-state index in [1.165, 1.54) is 167 Å². The molecule has 0 aromatic carbocycles. The summed E-state index contributed by atoms with van der Waals surface area (Å²) < 4.78 is 73.4. The van der Waals surface area contributed by atoms with E-state index in [4.69, 9.17) is 46.9 Å². The van der Waals surface area contributed by atoms with Crippen molar-refractivity contribution in [3.63, 3.8) is 0 Å². The Morgan fingerprint density at radius 3 is 1.04 bits per heavy atom. The van der Waals surface area contributed by atoms with E-state index in [1.54, 1.807) is 0 Å². The first-order valence-electron chi connectivity index (χ1n) is 46.6. The van der Waals surface area contributed by atoms with E-state index in [1.807, 2.05) is 0 Å². The number of carbonyl (C=O) groups is 4. The molecule has 2 aliphatic heterocycles.